The van der Waals surface area contributed by atoms with Crippen molar-refractivity contribution in [1.82, 2.24) is 9.21 Å². The Labute approximate surface area is 155 Å². The zero-order chi connectivity index (χ0) is 18.3. The summed E-state index contributed by atoms with van der Waals surface area (Å²) in [5, 5.41) is 2.66. The third-order valence-electron chi connectivity index (χ3n) is 6.26. The van der Waals surface area contributed by atoms with Crippen LogP contribution in [0.5, 0.6) is 0 Å². The average molecular weight is 378 g/mol. The van der Waals surface area contributed by atoms with Crippen molar-refractivity contribution in [3.63, 3.8) is 0 Å². The molecule has 142 valence electrons. The molecule has 2 aliphatic carbocycles. The lowest BCUT2D eigenvalue weighted by atomic mass is 9.93. The number of sulfonamides is 1. The predicted octanol–water partition coefficient (Wildman–Crippen LogP) is 2.14. The molecular formula is C19H27N3O3S. The number of hydrogen-bond donors (Lipinski definition) is 1. The highest BCUT2D eigenvalue weighted by atomic mass is 32.2. The van der Waals surface area contributed by atoms with Gasteiger partial charge >= 0.3 is 0 Å². The molecule has 0 radical (unpaired) electrons. The van der Waals surface area contributed by atoms with Gasteiger partial charge in [-0.05, 0) is 55.4 Å². The molecule has 26 heavy (non-hydrogen) atoms. The second-order valence-corrected chi connectivity index (χ2v) is 9.83. The first-order chi connectivity index (χ1) is 12.4. The maximum Gasteiger partial charge on any atom is 0.243 e. The fraction of sp³-hybridized carbons (Fsp3) is 0.632. The third-order valence-corrected chi connectivity index (χ3v) is 8.17. The molecule has 3 fully saturated rings. The number of nitrogens with one attached hydrogen (secondary N) is 1. The van der Waals surface area contributed by atoms with E-state index in [2.05, 4.69) is 10.2 Å². The maximum atomic E-state index is 12.9. The highest BCUT2D eigenvalue weighted by molar-refractivity contribution is 7.89. The number of carbonyl (C=O) groups excluding carboxylic acids is 1. The molecule has 1 aliphatic heterocycles. The summed E-state index contributed by atoms with van der Waals surface area (Å²) in [7, 11) is -3.47. The van der Waals surface area contributed by atoms with Crippen LogP contribution < -0.4 is 5.32 Å². The third kappa shape index (κ3) is 3.40. The Morgan fingerprint density at radius 2 is 1.73 bits per heavy atom. The number of nitrogens with zero attached hydrogens (tertiary/aromatic N) is 2. The van der Waals surface area contributed by atoms with E-state index >= 15 is 0 Å². The van der Waals surface area contributed by atoms with E-state index in [-0.39, 0.29) is 5.91 Å². The first kappa shape index (κ1) is 17.9. The summed E-state index contributed by atoms with van der Waals surface area (Å²) in [6.45, 7) is 4.21. The second kappa shape index (κ2) is 6.94. The summed E-state index contributed by atoms with van der Waals surface area (Å²) in [4.78, 5) is 13.9. The van der Waals surface area contributed by atoms with Crippen LogP contribution in [-0.4, -0.2) is 55.8 Å². The van der Waals surface area contributed by atoms with Crippen molar-refractivity contribution in [2.45, 2.75) is 43.5 Å². The minimum Gasteiger partial charge on any atom is -0.326 e. The van der Waals surface area contributed by atoms with Gasteiger partial charge in [0.05, 0.1) is 4.90 Å². The summed E-state index contributed by atoms with van der Waals surface area (Å²) in [6.07, 6.45) is 5.43. The fourth-order valence-electron chi connectivity index (χ4n) is 5.00. The van der Waals surface area contributed by atoms with Crippen LogP contribution in [0.25, 0.3) is 0 Å². The zero-order valence-corrected chi connectivity index (χ0v) is 16.0. The van der Waals surface area contributed by atoms with E-state index in [1.54, 1.807) is 28.6 Å². The molecular weight excluding hydrogens is 350 g/mol. The van der Waals surface area contributed by atoms with Crippen molar-refractivity contribution in [3.8, 4) is 0 Å². The van der Waals surface area contributed by atoms with Crippen LogP contribution in [0.1, 0.15) is 32.6 Å². The number of carbonyl (C=O) groups is 1. The number of rotatable bonds is 4. The van der Waals surface area contributed by atoms with Crippen LogP contribution in [-0.2, 0) is 14.8 Å². The van der Waals surface area contributed by atoms with Crippen LogP contribution in [0.15, 0.2) is 29.2 Å². The minimum atomic E-state index is -3.47. The summed E-state index contributed by atoms with van der Waals surface area (Å²) in [5.41, 5.74) is 0.609. The Morgan fingerprint density at radius 1 is 1.04 bits per heavy atom. The van der Waals surface area contributed by atoms with Crippen molar-refractivity contribution >= 4 is 21.6 Å². The Bertz CT molecular complexity index is 770. The van der Waals surface area contributed by atoms with E-state index in [0.717, 1.165) is 24.9 Å². The van der Waals surface area contributed by atoms with Crippen molar-refractivity contribution in [3.05, 3.63) is 24.3 Å². The number of hydrogen-bond acceptors (Lipinski definition) is 4. The van der Waals surface area contributed by atoms with Gasteiger partial charge < -0.3 is 5.32 Å². The van der Waals surface area contributed by atoms with Gasteiger partial charge in [-0.3, -0.25) is 9.69 Å². The second-order valence-electron chi connectivity index (χ2n) is 7.89. The minimum absolute atomic E-state index is 0.169. The van der Waals surface area contributed by atoms with Gasteiger partial charge in [-0.2, -0.15) is 4.31 Å². The Kier molecular flexibility index (Phi) is 4.79. The molecule has 3 aliphatic rings. The molecule has 6 nitrogen and oxygen atoms in total. The van der Waals surface area contributed by atoms with Crippen molar-refractivity contribution in [2.75, 3.05) is 31.5 Å². The molecule has 1 N–H and O–H groups in total. The SMILES string of the molecule is CC(=O)Nc1ccc(S(=O)(=O)N2CCN([C@H]3C[C@@H]4CC[C@H]3C4)CC2)cc1. The van der Waals surface area contributed by atoms with Gasteiger partial charge in [0.25, 0.3) is 0 Å². The van der Waals surface area contributed by atoms with Gasteiger partial charge in [0.2, 0.25) is 15.9 Å². The van der Waals surface area contributed by atoms with Crippen LogP contribution in [0.2, 0.25) is 0 Å². The molecule has 1 aromatic rings. The topological polar surface area (TPSA) is 69.7 Å². The van der Waals surface area contributed by atoms with E-state index in [4.69, 9.17) is 0 Å². The van der Waals surface area contributed by atoms with Gasteiger partial charge in [0.15, 0.2) is 0 Å². The molecule has 4 rings (SSSR count). The molecule has 1 amide bonds. The molecule has 0 spiro atoms. The lowest BCUT2D eigenvalue weighted by Gasteiger charge is -2.40. The molecule has 1 aromatic carbocycles. The summed E-state index contributed by atoms with van der Waals surface area (Å²) in [5.74, 6) is 1.58. The predicted molar refractivity (Wildman–Crippen MR) is 100 cm³/mol. The van der Waals surface area contributed by atoms with Crippen molar-refractivity contribution < 1.29 is 13.2 Å². The standard InChI is InChI=1S/C19H27N3O3S/c1-14(23)20-17-4-6-18(7-5-17)26(24,25)22-10-8-21(9-11-22)19-13-15-2-3-16(19)12-15/h4-7,15-16,19H,2-3,8-13H2,1H3,(H,20,23)/t15-,16+,19+/m1/s1. The van der Waals surface area contributed by atoms with Crippen molar-refractivity contribution in [1.29, 1.82) is 0 Å². The number of fused-ring (bicyclic) bond motifs is 2. The van der Waals surface area contributed by atoms with Gasteiger partial charge in [-0.25, -0.2) is 8.42 Å². The molecule has 2 bridgehead atoms. The Hall–Kier alpha value is -1.44. The molecule has 0 unspecified atom stereocenters. The first-order valence-electron chi connectivity index (χ1n) is 9.55. The molecule has 7 heteroatoms. The molecule has 1 saturated heterocycles. The van der Waals surface area contributed by atoms with E-state index in [1.165, 1.54) is 32.6 Å². The smallest absolute Gasteiger partial charge is 0.243 e. The molecule has 0 aromatic heterocycles. The monoisotopic (exact) mass is 377 g/mol. The van der Waals surface area contributed by atoms with E-state index in [0.29, 0.717) is 29.7 Å². The number of piperazine rings is 1. The van der Waals surface area contributed by atoms with Gasteiger partial charge in [-0.1, -0.05) is 6.42 Å². The number of benzene rings is 1. The lowest BCUT2D eigenvalue weighted by molar-refractivity contribution is -0.114. The maximum absolute atomic E-state index is 12.9. The average Bonchev–Trinajstić information content (AvgIpc) is 3.25. The summed E-state index contributed by atoms with van der Waals surface area (Å²) < 4.78 is 27.4. The normalized spacial score (nSPS) is 29.8. The van der Waals surface area contributed by atoms with Crippen LogP contribution in [0.4, 0.5) is 5.69 Å². The van der Waals surface area contributed by atoms with E-state index in [9.17, 15) is 13.2 Å². The molecule has 1 heterocycles. The molecule has 2 saturated carbocycles. The van der Waals surface area contributed by atoms with Gasteiger partial charge in [0.1, 0.15) is 0 Å². The highest BCUT2D eigenvalue weighted by Gasteiger charge is 2.43. The largest absolute Gasteiger partial charge is 0.326 e. The first-order valence-corrected chi connectivity index (χ1v) is 11.0. The zero-order valence-electron chi connectivity index (χ0n) is 15.2. The number of amides is 1. The number of anilines is 1. The summed E-state index contributed by atoms with van der Waals surface area (Å²) in [6, 6.07) is 7.10. The van der Waals surface area contributed by atoms with Crippen LogP contribution >= 0.6 is 0 Å². The lowest BCUT2D eigenvalue weighted by Crippen LogP contribution is -2.53. The summed E-state index contributed by atoms with van der Waals surface area (Å²) >= 11 is 0. The van der Waals surface area contributed by atoms with Crippen molar-refractivity contribution in [2.24, 2.45) is 11.8 Å². The van der Waals surface area contributed by atoms with E-state index < -0.39 is 10.0 Å². The highest BCUT2D eigenvalue weighted by Crippen LogP contribution is 2.46. The van der Waals surface area contributed by atoms with Gasteiger partial charge in [0, 0.05) is 44.8 Å². The Balaban J connectivity index is 1.39. The van der Waals surface area contributed by atoms with Gasteiger partial charge in [-0.15, -0.1) is 0 Å². The van der Waals surface area contributed by atoms with Crippen LogP contribution in [0, 0.1) is 11.8 Å². The van der Waals surface area contributed by atoms with Crippen LogP contribution in [0.3, 0.4) is 0 Å². The fourth-order valence-corrected chi connectivity index (χ4v) is 6.42. The quantitative estimate of drug-likeness (QED) is 0.873. The Morgan fingerprint density at radius 3 is 2.27 bits per heavy atom. The molecule has 3 atom stereocenters. The van der Waals surface area contributed by atoms with E-state index in [1.807, 2.05) is 0 Å².